The number of ether oxygens (including phenoxy) is 1. The second kappa shape index (κ2) is 6.99. The van der Waals surface area contributed by atoms with Crippen LogP contribution in [0.25, 0.3) is 0 Å². The van der Waals surface area contributed by atoms with Crippen LogP contribution in [-0.4, -0.2) is 29.3 Å². The minimum atomic E-state index is -4.33. The number of aryl methyl sites for hydroxylation is 2. The van der Waals surface area contributed by atoms with E-state index < -0.39 is 12.8 Å². The van der Waals surface area contributed by atoms with Crippen molar-refractivity contribution in [3.8, 4) is 0 Å². The molecule has 1 aromatic rings. The molecule has 0 aliphatic rings. The van der Waals surface area contributed by atoms with Crippen molar-refractivity contribution in [3.63, 3.8) is 0 Å². The fourth-order valence-electron chi connectivity index (χ4n) is 1.86. The summed E-state index contributed by atoms with van der Waals surface area (Å²) in [5, 5.41) is 0. The molecule has 1 atom stereocenters. The summed E-state index contributed by atoms with van der Waals surface area (Å²) in [5.74, 6) is 0.580. The largest absolute Gasteiger partial charge is 0.411 e. The topological polar surface area (TPSA) is 61.0 Å². The summed E-state index contributed by atoms with van der Waals surface area (Å²) in [4.78, 5) is 8.39. The Morgan fingerprint density at radius 1 is 1.20 bits per heavy atom. The first-order chi connectivity index (χ1) is 9.23. The van der Waals surface area contributed by atoms with Crippen LogP contribution in [0.4, 0.5) is 13.2 Å². The van der Waals surface area contributed by atoms with Crippen LogP contribution in [-0.2, 0) is 17.8 Å². The fourth-order valence-corrected chi connectivity index (χ4v) is 1.86. The van der Waals surface area contributed by atoms with Crippen LogP contribution in [0.1, 0.15) is 29.7 Å². The van der Waals surface area contributed by atoms with Gasteiger partial charge in [0.05, 0.1) is 0 Å². The summed E-state index contributed by atoms with van der Waals surface area (Å²) in [5.41, 5.74) is 8.13. The van der Waals surface area contributed by atoms with Crippen LogP contribution in [0.2, 0.25) is 0 Å². The second-order valence-electron chi connectivity index (χ2n) is 4.94. The monoisotopic (exact) mass is 291 g/mol. The van der Waals surface area contributed by atoms with Crippen molar-refractivity contribution in [1.29, 1.82) is 0 Å². The average molecular weight is 291 g/mol. The van der Waals surface area contributed by atoms with Crippen molar-refractivity contribution in [1.82, 2.24) is 9.97 Å². The SMILES string of the molecule is Cc1nc(COCC(F)(F)F)nc(C)c1CC(C)CN. The van der Waals surface area contributed by atoms with E-state index in [-0.39, 0.29) is 12.4 Å². The van der Waals surface area contributed by atoms with E-state index in [1.165, 1.54) is 0 Å². The molecule has 0 radical (unpaired) electrons. The molecular weight excluding hydrogens is 271 g/mol. The zero-order chi connectivity index (χ0) is 15.3. The average Bonchev–Trinajstić information content (AvgIpc) is 2.32. The standard InChI is InChI=1S/C13H20F3N3O/c1-8(5-17)4-11-9(2)18-12(19-10(11)3)6-20-7-13(14,15)16/h8H,4-7,17H2,1-3H3. The number of alkyl halides is 3. The van der Waals surface area contributed by atoms with E-state index in [4.69, 9.17) is 5.73 Å². The third-order valence-corrected chi connectivity index (χ3v) is 2.92. The van der Waals surface area contributed by atoms with Crippen LogP contribution in [0.3, 0.4) is 0 Å². The highest BCUT2D eigenvalue weighted by atomic mass is 19.4. The fraction of sp³-hybridized carbons (Fsp3) is 0.692. The molecule has 4 nitrogen and oxygen atoms in total. The van der Waals surface area contributed by atoms with Gasteiger partial charge in [-0.05, 0) is 38.3 Å². The van der Waals surface area contributed by atoms with Crippen molar-refractivity contribution < 1.29 is 17.9 Å². The molecule has 0 amide bonds. The Balaban J connectivity index is 2.73. The van der Waals surface area contributed by atoms with Gasteiger partial charge in [0.15, 0.2) is 5.82 Å². The Morgan fingerprint density at radius 3 is 2.20 bits per heavy atom. The van der Waals surface area contributed by atoms with E-state index in [0.29, 0.717) is 12.5 Å². The number of aromatic nitrogens is 2. The zero-order valence-corrected chi connectivity index (χ0v) is 11.9. The van der Waals surface area contributed by atoms with E-state index in [1.54, 1.807) is 0 Å². The van der Waals surface area contributed by atoms with Gasteiger partial charge in [0, 0.05) is 11.4 Å². The van der Waals surface area contributed by atoms with Gasteiger partial charge in [-0.15, -0.1) is 0 Å². The molecule has 0 saturated heterocycles. The molecule has 1 unspecified atom stereocenters. The third kappa shape index (κ3) is 5.42. The lowest BCUT2D eigenvalue weighted by molar-refractivity contribution is -0.177. The maximum atomic E-state index is 12.0. The highest BCUT2D eigenvalue weighted by Crippen LogP contribution is 2.17. The smallest absolute Gasteiger partial charge is 0.364 e. The van der Waals surface area contributed by atoms with Gasteiger partial charge in [0.25, 0.3) is 0 Å². The number of nitrogens with zero attached hydrogens (tertiary/aromatic N) is 2. The lowest BCUT2D eigenvalue weighted by Crippen LogP contribution is -2.18. The zero-order valence-electron chi connectivity index (χ0n) is 11.9. The first-order valence-electron chi connectivity index (χ1n) is 6.40. The van der Waals surface area contributed by atoms with Gasteiger partial charge in [-0.1, -0.05) is 6.92 Å². The molecule has 0 fully saturated rings. The van der Waals surface area contributed by atoms with Crippen LogP contribution in [0.15, 0.2) is 0 Å². The molecule has 0 saturated carbocycles. The first kappa shape index (κ1) is 16.8. The summed E-state index contributed by atoms with van der Waals surface area (Å²) in [7, 11) is 0. The molecule has 2 N–H and O–H groups in total. The maximum absolute atomic E-state index is 12.0. The highest BCUT2D eigenvalue weighted by molar-refractivity contribution is 5.24. The van der Waals surface area contributed by atoms with E-state index in [0.717, 1.165) is 23.4 Å². The summed E-state index contributed by atoms with van der Waals surface area (Å²) in [6.07, 6.45) is -3.57. The molecule has 0 aromatic carbocycles. The summed E-state index contributed by atoms with van der Waals surface area (Å²) >= 11 is 0. The van der Waals surface area contributed by atoms with Crippen molar-refractivity contribution in [3.05, 3.63) is 22.8 Å². The van der Waals surface area contributed by atoms with Crippen LogP contribution >= 0.6 is 0 Å². The minimum absolute atomic E-state index is 0.242. The number of hydrogen-bond donors (Lipinski definition) is 1. The quantitative estimate of drug-likeness (QED) is 0.873. The molecule has 114 valence electrons. The van der Waals surface area contributed by atoms with Crippen LogP contribution in [0, 0.1) is 19.8 Å². The Kier molecular flexibility index (Phi) is 5.88. The number of rotatable bonds is 6. The van der Waals surface area contributed by atoms with Crippen molar-refractivity contribution in [2.24, 2.45) is 11.7 Å². The van der Waals surface area contributed by atoms with Gasteiger partial charge in [-0.3, -0.25) is 0 Å². The Labute approximate surface area is 116 Å². The van der Waals surface area contributed by atoms with Gasteiger partial charge in [0.2, 0.25) is 0 Å². The van der Waals surface area contributed by atoms with E-state index in [9.17, 15) is 13.2 Å². The molecule has 1 aromatic heterocycles. The predicted octanol–water partition coefficient (Wildman–Crippen LogP) is 2.31. The van der Waals surface area contributed by atoms with Crippen molar-refractivity contribution in [2.45, 2.75) is 40.0 Å². The number of hydrogen-bond acceptors (Lipinski definition) is 4. The van der Waals surface area contributed by atoms with Crippen LogP contribution < -0.4 is 5.73 Å². The molecule has 0 spiro atoms. The lowest BCUT2D eigenvalue weighted by Gasteiger charge is -2.14. The van der Waals surface area contributed by atoms with Crippen LogP contribution in [0.5, 0.6) is 0 Å². The Hall–Kier alpha value is -1.21. The third-order valence-electron chi connectivity index (χ3n) is 2.92. The van der Waals surface area contributed by atoms with E-state index in [2.05, 4.69) is 14.7 Å². The molecule has 20 heavy (non-hydrogen) atoms. The molecule has 1 rings (SSSR count). The Morgan fingerprint density at radius 2 is 1.75 bits per heavy atom. The van der Waals surface area contributed by atoms with Crippen molar-refractivity contribution >= 4 is 0 Å². The molecule has 0 aliphatic heterocycles. The van der Waals surface area contributed by atoms with Gasteiger partial charge < -0.3 is 10.5 Å². The van der Waals surface area contributed by atoms with E-state index in [1.807, 2.05) is 20.8 Å². The molecular formula is C13H20F3N3O. The predicted molar refractivity (Wildman–Crippen MR) is 69.1 cm³/mol. The summed E-state index contributed by atoms with van der Waals surface area (Å²) < 4.78 is 40.5. The molecule has 0 aliphatic carbocycles. The normalized spacial score (nSPS) is 13.6. The molecule has 1 heterocycles. The van der Waals surface area contributed by atoms with Gasteiger partial charge in [-0.25, -0.2) is 9.97 Å². The minimum Gasteiger partial charge on any atom is -0.364 e. The maximum Gasteiger partial charge on any atom is 0.411 e. The second-order valence-corrected chi connectivity index (χ2v) is 4.94. The molecule has 0 bridgehead atoms. The summed E-state index contributed by atoms with van der Waals surface area (Å²) in [6.45, 7) is 4.70. The van der Waals surface area contributed by atoms with Gasteiger partial charge in [-0.2, -0.15) is 13.2 Å². The number of nitrogens with two attached hydrogens (primary N) is 1. The Bertz CT molecular complexity index is 426. The highest BCUT2D eigenvalue weighted by Gasteiger charge is 2.27. The summed E-state index contributed by atoms with van der Waals surface area (Å²) in [6, 6.07) is 0. The van der Waals surface area contributed by atoms with Gasteiger partial charge >= 0.3 is 6.18 Å². The van der Waals surface area contributed by atoms with Gasteiger partial charge in [0.1, 0.15) is 13.2 Å². The number of halogens is 3. The van der Waals surface area contributed by atoms with Crippen molar-refractivity contribution in [2.75, 3.05) is 13.2 Å². The van der Waals surface area contributed by atoms with E-state index >= 15 is 0 Å². The molecule has 7 heteroatoms. The first-order valence-corrected chi connectivity index (χ1v) is 6.40. The lowest BCUT2D eigenvalue weighted by atomic mass is 9.99.